The molecule has 1 saturated heterocycles. The van der Waals surface area contributed by atoms with Crippen LogP contribution in [-0.4, -0.2) is 20.1 Å². The molecule has 5 nitrogen and oxygen atoms in total. The summed E-state index contributed by atoms with van der Waals surface area (Å²) in [4.78, 5) is 11.5. The van der Waals surface area contributed by atoms with Crippen LogP contribution in [0.1, 0.15) is 10.9 Å². The van der Waals surface area contributed by atoms with E-state index in [1.165, 1.54) is 11.8 Å². The van der Waals surface area contributed by atoms with Crippen molar-refractivity contribution >= 4 is 33.4 Å². The van der Waals surface area contributed by atoms with Crippen LogP contribution in [0.4, 0.5) is 5.69 Å². The fourth-order valence-corrected chi connectivity index (χ4v) is 4.17. The van der Waals surface area contributed by atoms with Gasteiger partial charge >= 0.3 is 0 Å². The number of amides is 1. The van der Waals surface area contributed by atoms with Crippen molar-refractivity contribution in [1.29, 1.82) is 0 Å². The first kappa shape index (κ1) is 14.9. The second-order valence-electron chi connectivity index (χ2n) is 4.80. The first-order chi connectivity index (χ1) is 10.5. The summed E-state index contributed by atoms with van der Waals surface area (Å²) in [6.07, 6.45) is 0. The van der Waals surface area contributed by atoms with Gasteiger partial charge in [-0.1, -0.05) is 30.3 Å². The van der Waals surface area contributed by atoms with Crippen LogP contribution in [0.15, 0.2) is 59.5 Å². The van der Waals surface area contributed by atoms with E-state index in [0.717, 1.165) is 5.56 Å². The Morgan fingerprint density at radius 2 is 1.86 bits per heavy atom. The minimum absolute atomic E-state index is 0.00901. The number of carbonyl (C=O) groups excluding carboxylic acids is 1. The molecule has 22 heavy (non-hydrogen) atoms. The van der Waals surface area contributed by atoms with Crippen molar-refractivity contribution < 1.29 is 13.2 Å². The van der Waals surface area contributed by atoms with Crippen molar-refractivity contribution in [2.75, 3.05) is 10.5 Å². The fourth-order valence-electron chi connectivity index (χ4n) is 2.15. The molecule has 0 unspecified atom stereocenters. The largest absolute Gasteiger partial charge is 0.339 e. The summed E-state index contributed by atoms with van der Waals surface area (Å²) in [6, 6.07) is 15.3. The molecule has 1 heterocycles. The third-order valence-electron chi connectivity index (χ3n) is 3.17. The average molecular weight is 334 g/mol. The smallest absolute Gasteiger partial charge is 0.261 e. The fraction of sp³-hybridized carbons (Fsp3) is 0.133. The number of thioether (sulfide) groups is 1. The van der Waals surface area contributed by atoms with Crippen LogP contribution in [0.25, 0.3) is 0 Å². The summed E-state index contributed by atoms with van der Waals surface area (Å²) in [5.74, 6) is 0.412. The van der Waals surface area contributed by atoms with Crippen molar-refractivity contribution in [1.82, 2.24) is 5.32 Å². The molecule has 2 aromatic carbocycles. The molecule has 1 aliphatic heterocycles. The zero-order valence-corrected chi connectivity index (χ0v) is 13.2. The molecular weight excluding hydrogens is 320 g/mol. The lowest BCUT2D eigenvalue weighted by Crippen LogP contribution is -2.19. The summed E-state index contributed by atoms with van der Waals surface area (Å²) >= 11 is 1.49. The molecule has 1 aliphatic rings. The van der Waals surface area contributed by atoms with Crippen LogP contribution < -0.4 is 10.0 Å². The zero-order chi connectivity index (χ0) is 15.6. The van der Waals surface area contributed by atoms with Gasteiger partial charge in [-0.3, -0.25) is 9.52 Å². The molecule has 0 bridgehead atoms. The van der Waals surface area contributed by atoms with E-state index < -0.39 is 10.0 Å². The summed E-state index contributed by atoms with van der Waals surface area (Å²) in [5.41, 5.74) is 1.34. The highest BCUT2D eigenvalue weighted by atomic mass is 32.2. The Hall–Kier alpha value is -1.99. The Morgan fingerprint density at radius 1 is 1.09 bits per heavy atom. The average Bonchev–Trinajstić information content (AvgIpc) is 2.95. The molecule has 3 rings (SSSR count). The Morgan fingerprint density at radius 3 is 2.55 bits per heavy atom. The van der Waals surface area contributed by atoms with Gasteiger partial charge in [0.15, 0.2) is 0 Å². The molecule has 114 valence electrons. The number of rotatable bonds is 4. The normalized spacial score (nSPS) is 18.0. The van der Waals surface area contributed by atoms with Crippen LogP contribution in [0, 0.1) is 0 Å². The Bertz CT molecular complexity index is 791. The predicted molar refractivity (Wildman–Crippen MR) is 87.0 cm³/mol. The summed E-state index contributed by atoms with van der Waals surface area (Å²) in [7, 11) is -3.61. The van der Waals surface area contributed by atoms with Crippen molar-refractivity contribution in [3.8, 4) is 0 Å². The maximum atomic E-state index is 12.3. The number of sulfonamides is 1. The molecule has 2 aromatic rings. The van der Waals surface area contributed by atoms with Crippen molar-refractivity contribution in [3.05, 3.63) is 60.2 Å². The number of carbonyl (C=O) groups is 1. The minimum atomic E-state index is -3.61. The van der Waals surface area contributed by atoms with Crippen LogP contribution >= 0.6 is 11.8 Å². The molecule has 2 N–H and O–H groups in total. The SMILES string of the molecule is O=C1CS[C@H](c2cccc(NS(=O)(=O)c3ccccc3)c2)N1. The Kier molecular flexibility index (Phi) is 4.08. The van der Waals surface area contributed by atoms with E-state index in [4.69, 9.17) is 0 Å². The van der Waals surface area contributed by atoms with Gasteiger partial charge in [-0.15, -0.1) is 11.8 Å². The number of anilines is 1. The van der Waals surface area contributed by atoms with Crippen molar-refractivity contribution in [2.24, 2.45) is 0 Å². The van der Waals surface area contributed by atoms with E-state index in [9.17, 15) is 13.2 Å². The van der Waals surface area contributed by atoms with Gasteiger partial charge in [0, 0.05) is 5.69 Å². The van der Waals surface area contributed by atoms with Crippen LogP contribution in [0.3, 0.4) is 0 Å². The molecule has 1 fully saturated rings. The topological polar surface area (TPSA) is 75.3 Å². The van der Waals surface area contributed by atoms with E-state index in [1.54, 1.807) is 48.5 Å². The van der Waals surface area contributed by atoms with Gasteiger partial charge in [0.1, 0.15) is 5.37 Å². The third-order valence-corrected chi connectivity index (χ3v) is 5.72. The summed E-state index contributed by atoms with van der Waals surface area (Å²) in [6.45, 7) is 0. The molecule has 0 radical (unpaired) electrons. The third kappa shape index (κ3) is 3.26. The van der Waals surface area contributed by atoms with Gasteiger partial charge < -0.3 is 5.32 Å². The highest BCUT2D eigenvalue weighted by Gasteiger charge is 2.23. The van der Waals surface area contributed by atoms with Crippen molar-refractivity contribution in [2.45, 2.75) is 10.3 Å². The molecule has 7 heteroatoms. The van der Waals surface area contributed by atoms with Gasteiger partial charge in [-0.25, -0.2) is 8.42 Å². The van der Waals surface area contributed by atoms with Gasteiger partial charge in [0.25, 0.3) is 10.0 Å². The monoisotopic (exact) mass is 334 g/mol. The Labute approximate surface area is 133 Å². The summed E-state index contributed by atoms with van der Waals surface area (Å²) in [5, 5.41) is 2.71. The van der Waals surface area contributed by atoms with Crippen LogP contribution in [0.2, 0.25) is 0 Å². The van der Waals surface area contributed by atoms with E-state index in [-0.39, 0.29) is 16.2 Å². The molecule has 0 saturated carbocycles. The lowest BCUT2D eigenvalue weighted by atomic mass is 10.2. The zero-order valence-electron chi connectivity index (χ0n) is 11.5. The highest BCUT2D eigenvalue weighted by molar-refractivity contribution is 8.00. The highest BCUT2D eigenvalue weighted by Crippen LogP contribution is 2.32. The van der Waals surface area contributed by atoms with E-state index >= 15 is 0 Å². The van der Waals surface area contributed by atoms with E-state index in [1.807, 2.05) is 6.07 Å². The first-order valence-corrected chi connectivity index (χ1v) is 9.16. The molecule has 0 aliphatic carbocycles. The minimum Gasteiger partial charge on any atom is -0.339 e. The summed E-state index contributed by atoms with van der Waals surface area (Å²) < 4.78 is 27.2. The molecular formula is C15H14N2O3S2. The maximum absolute atomic E-state index is 12.3. The standard InChI is InChI=1S/C15H14N2O3S2/c18-14-10-21-15(16-14)11-5-4-6-12(9-11)17-22(19,20)13-7-2-1-3-8-13/h1-9,15,17H,10H2,(H,16,18)/t15-/m1/s1. The van der Waals surface area contributed by atoms with E-state index in [0.29, 0.717) is 11.4 Å². The number of benzene rings is 2. The molecule has 0 spiro atoms. The molecule has 0 aromatic heterocycles. The van der Waals surface area contributed by atoms with Gasteiger partial charge in [0.05, 0.1) is 10.6 Å². The Balaban J connectivity index is 1.83. The molecule has 1 amide bonds. The second kappa shape index (κ2) is 6.02. The van der Waals surface area contributed by atoms with Gasteiger partial charge in [-0.2, -0.15) is 0 Å². The quantitative estimate of drug-likeness (QED) is 0.900. The van der Waals surface area contributed by atoms with Gasteiger partial charge in [-0.05, 0) is 29.8 Å². The predicted octanol–water partition coefficient (Wildman–Crippen LogP) is 2.35. The van der Waals surface area contributed by atoms with Crippen LogP contribution in [-0.2, 0) is 14.8 Å². The number of nitrogens with one attached hydrogen (secondary N) is 2. The maximum Gasteiger partial charge on any atom is 0.261 e. The first-order valence-electron chi connectivity index (χ1n) is 6.63. The molecule has 1 atom stereocenters. The van der Waals surface area contributed by atoms with Gasteiger partial charge in [0.2, 0.25) is 5.91 Å². The van der Waals surface area contributed by atoms with Crippen molar-refractivity contribution in [3.63, 3.8) is 0 Å². The number of hydrogen-bond acceptors (Lipinski definition) is 4. The van der Waals surface area contributed by atoms with Crippen LogP contribution in [0.5, 0.6) is 0 Å². The lowest BCUT2D eigenvalue weighted by Gasteiger charge is -2.13. The number of hydrogen-bond donors (Lipinski definition) is 2. The lowest BCUT2D eigenvalue weighted by molar-refractivity contribution is -0.118. The second-order valence-corrected chi connectivity index (χ2v) is 7.58. The van der Waals surface area contributed by atoms with E-state index in [2.05, 4.69) is 10.0 Å².